The van der Waals surface area contributed by atoms with E-state index in [0.29, 0.717) is 17.4 Å². The molecule has 1 saturated carbocycles. The van der Waals surface area contributed by atoms with Crippen LogP contribution in [0.2, 0.25) is 0 Å². The molecule has 2 N–H and O–H groups in total. The maximum atomic E-state index is 11.0. The van der Waals surface area contributed by atoms with E-state index in [9.17, 15) is 4.79 Å². The maximum Gasteiger partial charge on any atom is 0.252 e. The minimum Gasteiger partial charge on any atom is -0.496 e. The Kier molecular flexibility index (Phi) is 2.49. The lowest BCUT2D eigenvalue weighted by Crippen LogP contribution is -2.12. The summed E-state index contributed by atoms with van der Waals surface area (Å²) in [5, 5.41) is 0. The number of ether oxygens (including phenoxy) is 2. The monoisotopic (exact) mass is 207 g/mol. The molecule has 0 spiro atoms. The number of benzene rings is 1. The second kappa shape index (κ2) is 3.81. The molecule has 15 heavy (non-hydrogen) atoms. The van der Waals surface area contributed by atoms with E-state index < -0.39 is 5.91 Å². The first-order chi connectivity index (χ1) is 7.20. The molecule has 0 aromatic heterocycles. The van der Waals surface area contributed by atoms with E-state index in [0.717, 1.165) is 18.6 Å². The van der Waals surface area contributed by atoms with Crippen molar-refractivity contribution < 1.29 is 14.3 Å². The van der Waals surface area contributed by atoms with E-state index in [-0.39, 0.29) is 0 Å². The molecular formula is C11H13NO3. The first-order valence-electron chi connectivity index (χ1n) is 4.85. The summed E-state index contributed by atoms with van der Waals surface area (Å²) in [5.41, 5.74) is 5.57. The van der Waals surface area contributed by atoms with E-state index in [1.165, 1.54) is 7.11 Å². The Hall–Kier alpha value is -1.71. The van der Waals surface area contributed by atoms with Crippen molar-refractivity contribution in [3.8, 4) is 11.5 Å². The van der Waals surface area contributed by atoms with Crippen molar-refractivity contribution in [3.05, 3.63) is 23.8 Å². The van der Waals surface area contributed by atoms with Gasteiger partial charge in [0.25, 0.3) is 5.91 Å². The molecule has 2 rings (SSSR count). The Bertz CT molecular complexity index is 385. The third-order valence-corrected chi connectivity index (χ3v) is 2.27. The van der Waals surface area contributed by atoms with E-state index in [4.69, 9.17) is 15.2 Å². The molecule has 0 atom stereocenters. The highest BCUT2D eigenvalue weighted by Gasteiger charge is 2.24. The summed E-state index contributed by atoms with van der Waals surface area (Å²) in [7, 11) is 1.50. The van der Waals surface area contributed by atoms with E-state index in [1.807, 2.05) is 0 Å². The average molecular weight is 207 g/mol. The predicted molar refractivity (Wildman–Crippen MR) is 55.2 cm³/mol. The molecule has 0 bridgehead atoms. The van der Waals surface area contributed by atoms with Crippen LogP contribution in [0.25, 0.3) is 0 Å². The zero-order valence-corrected chi connectivity index (χ0v) is 8.53. The Labute approximate surface area is 88.0 Å². The second-order valence-corrected chi connectivity index (χ2v) is 3.54. The van der Waals surface area contributed by atoms with Crippen molar-refractivity contribution in [2.45, 2.75) is 18.9 Å². The molecule has 1 aromatic rings. The fourth-order valence-electron chi connectivity index (χ4n) is 1.33. The minimum absolute atomic E-state index is 0.328. The van der Waals surface area contributed by atoms with Crippen molar-refractivity contribution in [1.82, 2.24) is 0 Å². The number of carbonyl (C=O) groups is 1. The van der Waals surface area contributed by atoms with Gasteiger partial charge in [0.2, 0.25) is 0 Å². The van der Waals surface area contributed by atoms with Crippen LogP contribution in [0.5, 0.6) is 11.5 Å². The van der Waals surface area contributed by atoms with E-state index in [1.54, 1.807) is 18.2 Å². The van der Waals surface area contributed by atoms with Crippen LogP contribution in [0.1, 0.15) is 23.2 Å². The standard InChI is InChI=1S/C11H13NO3/c1-14-10-6-8(15-7-2-3-7)4-5-9(10)11(12)13/h4-7H,2-3H2,1H3,(H2,12,13). The SMILES string of the molecule is COc1cc(OC2CC2)ccc1C(N)=O. The lowest BCUT2D eigenvalue weighted by Gasteiger charge is -2.09. The molecule has 80 valence electrons. The molecule has 1 aromatic carbocycles. The number of carbonyl (C=O) groups excluding carboxylic acids is 1. The zero-order valence-electron chi connectivity index (χ0n) is 8.53. The van der Waals surface area contributed by atoms with Gasteiger partial charge in [0.05, 0.1) is 18.8 Å². The Morgan fingerprint density at radius 2 is 2.20 bits per heavy atom. The Balaban J connectivity index is 2.24. The van der Waals surface area contributed by atoms with Gasteiger partial charge in [0.15, 0.2) is 0 Å². The number of hydrogen-bond acceptors (Lipinski definition) is 3. The molecule has 0 saturated heterocycles. The summed E-state index contributed by atoms with van der Waals surface area (Å²) >= 11 is 0. The van der Waals surface area contributed by atoms with Crippen molar-refractivity contribution in [1.29, 1.82) is 0 Å². The molecule has 0 heterocycles. The average Bonchev–Trinajstić information content (AvgIpc) is 3.01. The van der Waals surface area contributed by atoms with Gasteiger partial charge < -0.3 is 15.2 Å². The normalized spacial score (nSPS) is 14.7. The second-order valence-electron chi connectivity index (χ2n) is 3.54. The summed E-state index contributed by atoms with van der Waals surface area (Å²) in [5.74, 6) is 0.685. The lowest BCUT2D eigenvalue weighted by atomic mass is 10.2. The first-order valence-corrected chi connectivity index (χ1v) is 4.85. The topological polar surface area (TPSA) is 61.6 Å². The van der Waals surface area contributed by atoms with Crippen LogP contribution < -0.4 is 15.2 Å². The Morgan fingerprint density at radius 3 is 2.73 bits per heavy atom. The van der Waals surface area contributed by atoms with Gasteiger partial charge in [-0.2, -0.15) is 0 Å². The molecule has 1 aliphatic carbocycles. The molecule has 4 heteroatoms. The highest BCUT2D eigenvalue weighted by molar-refractivity contribution is 5.95. The number of hydrogen-bond donors (Lipinski definition) is 1. The molecular weight excluding hydrogens is 194 g/mol. The third kappa shape index (κ3) is 2.21. The van der Waals surface area contributed by atoms with Gasteiger partial charge in [-0.15, -0.1) is 0 Å². The van der Waals surface area contributed by atoms with Gasteiger partial charge in [-0.25, -0.2) is 0 Å². The third-order valence-electron chi connectivity index (χ3n) is 2.27. The van der Waals surface area contributed by atoms with Crippen LogP contribution in [0.15, 0.2) is 18.2 Å². The Morgan fingerprint density at radius 1 is 1.47 bits per heavy atom. The van der Waals surface area contributed by atoms with Crippen LogP contribution >= 0.6 is 0 Å². The van der Waals surface area contributed by atoms with Gasteiger partial charge >= 0.3 is 0 Å². The fraction of sp³-hybridized carbons (Fsp3) is 0.364. The quantitative estimate of drug-likeness (QED) is 0.810. The van der Waals surface area contributed by atoms with Crippen molar-refractivity contribution in [3.63, 3.8) is 0 Å². The summed E-state index contributed by atoms with van der Waals surface area (Å²) in [6, 6.07) is 5.05. The first kappa shape index (κ1) is 9.83. The highest BCUT2D eigenvalue weighted by atomic mass is 16.5. The number of methoxy groups -OCH3 is 1. The summed E-state index contributed by atoms with van der Waals surface area (Å²) in [6.07, 6.45) is 2.52. The number of primary amides is 1. The van der Waals surface area contributed by atoms with Crippen molar-refractivity contribution in [2.24, 2.45) is 5.73 Å². The molecule has 1 amide bonds. The molecule has 4 nitrogen and oxygen atoms in total. The van der Waals surface area contributed by atoms with Gasteiger partial charge in [-0.3, -0.25) is 4.79 Å². The van der Waals surface area contributed by atoms with E-state index >= 15 is 0 Å². The highest BCUT2D eigenvalue weighted by Crippen LogP contribution is 2.30. The molecule has 1 aliphatic rings. The molecule has 0 aliphatic heterocycles. The molecule has 0 unspecified atom stereocenters. The fourth-order valence-corrected chi connectivity index (χ4v) is 1.33. The maximum absolute atomic E-state index is 11.0. The summed E-state index contributed by atoms with van der Waals surface area (Å²) < 4.78 is 10.6. The number of amides is 1. The molecule has 1 fully saturated rings. The lowest BCUT2D eigenvalue weighted by molar-refractivity contribution is 0.0997. The molecule has 0 radical (unpaired) electrons. The van der Waals surface area contributed by atoms with Crippen LogP contribution in [-0.4, -0.2) is 19.1 Å². The minimum atomic E-state index is -0.496. The van der Waals surface area contributed by atoms with Crippen LogP contribution in [0.4, 0.5) is 0 Å². The smallest absolute Gasteiger partial charge is 0.252 e. The predicted octanol–water partition coefficient (Wildman–Crippen LogP) is 1.34. The largest absolute Gasteiger partial charge is 0.496 e. The van der Waals surface area contributed by atoms with Crippen LogP contribution in [0, 0.1) is 0 Å². The number of rotatable bonds is 4. The van der Waals surface area contributed by atoms with Crippen molar-refractivity contribution in [2.75, 3.05) is 7.11 Å². The van der Waals surface area contributed by atoms with Gasteiger partial charge in [-0.05, 0) is 25.0 Å². The van der Waals surface area contributed by atoms with Gasteiger partial charge in [0, 0.05) is 6.07 Å². The summed E-state index contributed by atoms with van der Waals surface area (Å²) in [6.45, 7) is 0. The van der Waals surface area contributed by atoms with Crippen molar-refractivity contribution >= 4 is 5.91 Å². The van der Waals surface area contributed by atoms with Gasteiger partial charge in [0.1, 0.15) is 11.5 Å². The zero-order chi connectivity index (χ0) is 10.8. The van der Waals surface area contributed by atoms with E-state index in [2.05, 4.69) is 0 Å². The van der Waals surface area contributed by atoms with Crippen LogP contribution in [0.3, 0.4) is 0 Å². The summed E-state index contributed by atoms with van der Waals surface area (Å²) in [4.78, 5) is 11.0. The number of nitrogens with two attached hydrogens (primary N) is 1. The van der Waals surface area contributed by atoms with Crippen LogP contribution in [-0.2, 0) is 0 Å². The van der Waals surface area contributed by atoms with Gasteiger partial charge in [-0.1, -0.05) is 0 Å².